The van der Waals surface area contributed by atoms with Crippen LogP contribution in [0.25, 0.3) is 11.1 Å². The summed E-state index contributed by atoms with van der Waals surface area (Å²) >= 11 is 0. The van der Waals surface area contributed by atoms with Gasteiger partial charge in [-0.15, -0.1) is 0 Å². The normalized spacial score (nSPS) is 18.3. The third-order valence-electron chi connectivity index (χ3n) is 4.94. The minimum atomic E-state index is -0.851. The Morgan fingerprint density at radius 2 is 1.54 bits per heavy atom. The van der Waals surface area contributed by atoms with Crippen LogP contribution in [0.3, 0.4) is 0 Å². The zero-order valence-electron chi connectivity index (χ0n) is 14.2. The van der Waals surface area contributed by atoms with Gasteiger partial charge in [-0.25, -0.2) is 0 Å². The molecule has 126 valence electrons. The number of rotatable bonds is 5. The van der Waals surface area contributed by atoms with Crippen LogP contribution in [0.2, 0.25) is 0 Å². The minimum Gasteiger partial charge on any atom is -0.385 e. The smallest absolute Gasteiger partial charge is 0.135 e. The summed E-state index contributed by atoms with van der Waals surface area (Å²) in [6.07, 6.45) is 1.97. The number of hydrogen-bond acceptors (Lipinski definition) is 3. The number of likely N-dealkylation sites (tertiary alicyclic amines) is 1. The predicted octanol–water partition coefficient (Wildman–Crippen LogP) is 3.62. The number of piperidine rings is 1. The van der Waals surface area contributed by atoms with E-state index in [9.17, 15) is 9.90 Å². The van der Waals surface area contributed by atoms with Gasteiger partial charge in [0.25, 0.3) is 0 Å². The Labute approximate surface area is 143 Å². The van der Waals surface area contributed by atoms with Crippen LogP contribution < -0.4 is 0 Å². The summed E-state index contributed by atoms with van der Waals surface area (Å²) in [7, 11) is 0. The van der Waals surface area contributed by atoms with E-state index in [4.69, 9.17) is 0 Å². The lowest BCUT2D eigenvalue weighted by atomic mass is 9.90. The molecule has 0 spiro atoms. The molecule has 2 aromatic carbocycles. The zero-order chi connectivity index (χ0) is 17.0. The molecule has 2 aromatic rings. The van der Waals surface area contributed by atoms with Gasteiger partial charge >= 0.3 is 0 Å². The first-order valence-electron chi connectivity index (χ1n) is 8.67. The molecule has 1 saturated heterocycles. The number of carbonyl (C=O) groups excluding carboxylic acids is 1. The molecule has 1 unspecified atom stereocenters. The highest BCUT2D eigenvalue weighted by Crippen LogP contribution is 2.28. The van der Waals surface area contributed by atoms with Crippen LogP contribution in [-0.4, -0.2) is 35.4 Å². The topological polar surface area (TPSA) is 40.5 Å². The SMILES string of the molecule is CC(O)(CCN1CCC(=O)CC1)c1ccc(-c2ccccc2)cc1. The van der Waals surface area contributed by atoms with Crippen molar-refractivity contribution < 1.29 is 9.90 Å². The third-order valence-corrected chi connectivity index (χ3v) is 4.94. The first-order chi connectivity index (χ1) is 11.5. The van der Waals surface area contributed by atoms with Crippen LogP contribution in [0.5, 0.6) is 0 Å². The van der Waals surface area contributed by atoms with Gasteiger partial charge in [0, 0.05) is 32.5 Å². The van der Waals surface area contributed by atoms with E-state index in [2.05, 4.69) is 29.2 Å². The van der Waals surface area contributed by atoms with Gasteiger partial charge in [-0.1, -0.05) is 54.6 Å². The van der Waals surface area contributed by atoms with Crippen molar-refractivity contribution in [3.8, 4) is 11.1 Å². The summed E-state index contributed by atoms with van der Waals surface area (Å²) in [4.78, 5) is 13.6. The van der Waals surface area contributed by atoms with Gasteiger partial charge in [0.05, 0.1) is 5.60 Å². The molecule has 0 saturated carbocycles. The van der Waals surface area contributed by atoms with Crippen molar-refractivity contribution in [1.82, 2.24) is 4.90 Å². The number of benzene rings is 2. The van der Waals surface area contributed by atoms with Crippen LogP contribution in [0.15, 0.2) is 54.6 Å². The van der Waals surface area contributed by atoms with Gasteiger partial charge in [-0.05, 0) is 30.0 Å². The summed E-state index contributed by atoms with van der Waals surface area (Å²) in [5.41, 5.74) is 2.43. The van der Waals surface area contributed by atoms with Gasteiger partial charge in [0.1, 0.15) is 5.78 Å². The van der Waals surface area contributed by atoms with E-state index in [1.807, 2.05) is 37.3 Å². The summed E-state index contributed by atoms with van der Waals surface area (Å²) in [6.45, 7) is 4.34. The first-order valence-corrected chi connectivity index (χ1v) is 8.67. The Kier molecular flexibility index (Phi) is 5.12. The second-order valence-electron chi connectivity index (χ2n) is 6.85. The highest BCUT2D eigenvalue weighted by Gasteiger charge is 2.25. The molecule has 3 rings (SSSR count). The lowest BCUT2D eigenvalue weighted by molar-refractivity contribution is -0.121. The number of nitrogens with zero attached hydrogens (tertiary/aromatic N) is 1. The molecule has 3 nitrogen and oxygen atoms in total. The quantitative estimate of drug-likeness (QED) is 0.914. The van der Waals surface area contributed by atoms with Gasteiger partial charge < -0.3 is 10.0 Å². The summed E-state index contributed by atoms with van der Waals surface area (Å²) < 4.78 is 0. The molecular weight excluding hydrogens is 298 g/mol. The molecule has 1 N–H and O–H groups in total. The standard InChI is InChI=1S/C21H25NO2/c1-21(24,13-16-22-14-11-20(23)12-15-22)19-9-7-18(8-10-19)17-5-3-2-4-6-17/h2-10,24H,11-16H2,1H3. The van der Waals surface area contributed by atoms with Crippen LogP contribution in [0.1, 0.15) is 31.7 Å². The molecule has 0 aromatic heterocycles. The molecule has 1 aliphatic rings. The molecule has 1 aliphatic heterocycles. The Bertz CT molecular complexity index is 667. The Balaban J connectivity index is 1.63. The molecule has 0 radical (unpaired) electrons. The summed E-state index contributed by atoms with van der Waals surface area (Å²) in [6, 6.07) is 18.4. The summed E-state index contributed by atoms with van der Waals surface area (Å²) in [5.74, 6) is 0.356. The fourth-order valence-electron chi connectivity index (χ4n) is 3.20. The molecule has 0 aliphatic carbocycles. The molecular formula is C21H25NO2. The van der Waals surface area contributed by atoms with Crippen molar-refractivity contribution >= 4 is 5.78 Å². The maximum absolute atomic E-state index is 11.3. The number of Topliss-reactive ketones (excluding diaryl/α,β-unsaturated/α-hetero) is 1. The highest BCUT2D eigenvalue weighted by atomic mass is 16.3. The molecule has 1 fully saturated rings. The van der Waals surface area contributed by atoms with Gasteiger partial charge in [0.2, 0.25) is 0 Å². The van der Waals surface area contributed by atoms with Crippen LogP contribution in [0, 0.1) is 0 Å². The Morgan fingerprint density at radius 3 is 2.17 bits per heavy atom. The number of hydrogen-bond donors (Lipinski definition) is 1. The van der Waals surface area contributed by atoms with E-state index < -0.39 is 5.60 Å². The average molecular weight is 323 g/mol. The molecule has 0 bridgehead atoms. The van der Waals surface area contributed by atoms with E-state index >= 15 is 0 Å². The number of aliphatic hydroxyl groups is 1. The number of ketones is 1. The zero-order valence-corrected chi connectivity index (χ0v) is 14.2. The summed E-state index contributed by atoms with van der Waals surface area (Å²) in [5, 5.41) is 10.8. The molecule has 0 amide bonds. The third kappa shape index (κ3) is 4.11. The number of carbonyl (C=O) groups is 1. The maximum atomic E-state index is 11.3. The second-order valence-corrected chi connectivity index (χ2v) is 6.85. The van der Waals surface area contributed by atoms with E-state index in [1.54, 1.807) is 0 Å². The van der Waals surface area contributed by atoms with Crippen LogP contribution in [0.4, 0.5) is 0 Å². The van der Waals surface area contributed by atoms with Crippen molar-refractivity contribution in [2.45, 2.75) is 31.8 Å². The van der Waals surface area contributed by atoms with Crippen molar-refractivity contribution in [2.75, 3.05) is 19.6 Å². The second kappa shape index (κ2) is 7.29. The Hall–Kier alpha value is -1.97. The predicted molar refractivity (Wildman–Crippen MR) is 96.7 cm³/mol. The Morgan fingerprint density at radius 1 is 0.958 bits per heavy atom. The van der Waals surface area contributed by atoms with Gasteiger partial charge in [-0.2, -0.15) is 0 Å². The van der Waals surface area contributed by atoms with Crippen molar-refractivity contribution in [2.24, 2.45) is 0 Å². The lowest BCUT2D eigenvalue weighted by Crippen LogP contribution is -2.37. The van der Waals surface area contributed by atoms with Crippen molar-refractivity contribution in [1.29, 1.82) is 0 Å². The van der Waals surface area contributed by atoms with E-state index in [-0.39, 0.29) is 0 Å². The molecule has 3 heteroatoms. The van der Waals surface area contributed by atoms with Crippen LogP contribution in [-0.2, 0) is 10.4 Å². The lowest BCUT2D eigenvalue weighted by Gasteiger charge is -2.30. The van der Waals surface area contributed by atoms with Crippen molar-refractivity contribution in [3.63, 3.8) is 0 Å². The highest BCUT2D eigenvalue weighted by molar-refractivity contribution is 5.79. The fraction of sp³-hybridized carbons (Fsp3) is 0.381. The molecule has 1 heterocycles. The average Bonchev–Trinajstić information content (AvgIpc) is 2.62. The van der Waals surface area contributed by atoms with E-state index in [1.165, 1.54) is 5.56 Å². The van der Waals surface area contributed by atoms with Crippen molar-refractivity contribution in [3.05, 3.63) is 60.2 Å². The molecule has 1 atom stereocenters. The van der Waals surface area contributed by atoms with Gasteiger partial charge in [0.15, 0.2) is 0 Å². The van der Waals surface area contributed by atoms with Crippen LogP contribution >= 0.6 is 0 Å². The fourth-order valence-corrected chi connectivity index (χ4v) is 3.20. The molecule has 24 heavy (non-hydrogen) atoms. The van der Waals surface area contributed by atoms with Gasteiger partial charge in [-0.3, -0.25) is 4.79 Å². The van der Waals surface area contributed by atoms with E-state index in [0.29, 0.717) is 25.0 Å². The van der Waals surface area contributed by atoms with E-state index in [0.717, 1.165) is 30.8 Å². The first kappa shape index (κ1) is 16.9. The minimum absolute atomic E-state index is 0.356. The monoisotopic (exact) mass is 323 g/mol. The largest absolute Gasteiger partial charge is 0.385 e. The maximum Gasteiger partial charge on any atom is 0.135 e.